The summed E-state index contributed by atoms with van der Waals surface area (Å²) < 4.78 is 19.4. The van der Waals surface area contributed by atoms with Crippen LogP contribution in [-0.2, 0) is 0 Å². The lowest BCUT2D eigenvalue weighted by Gasteiger charge is -2.36. The first kappa shape index (κ1) is 21.4. The summed E-state index contributed by atoms with van der Waals surface area (Å²) >= 11 is 0. The van der Waals surface area contributed by atoms with E-state index in [2.05, 4.69) is 16.3 Å². The standard InChI is InChI=1S/C18H19FN2O.C6H7BO2/c19-15-3-1-2-13(10-15)14-4-5-18-17(11-14)21-8-7-20-12-16(21)6-9-22-18;8-7(9)6-4-2-1-3-5-6/h1-5,10-11,16,20H,6-9,12H2;1-5,8-9H/t16-;/m0./s1. The number of fused-ring (bicyclic) bond motifs is 3. The molecular weight excluding hydrogens is 394 g/mol. The first-order valence-corrected chi connectivity index (χ1v) is 10.5. The summed E-state index contributed by atoms with van der Waals surface area (Å²) in [5, 5.41) is 20.6. The minimum Gasteiger partial charge on any atom is -0.491 e. The van der Waals surface area contributed by atoms with Crippen molar-refractivity contribution in [1.82, 2.24) is 5.32 Å². The Kier molecular flexibility index (Phi) is 6.87. The fourth-order valence-electron chi connectivity index (χ4n) is 3.98. The molecule has 1 saturated heterocycles. The number of nitrogens with one attached hydrogen (secondary N) is 1. The molecule has 0 spiro atoms. The van der Waals surface area contributed by atoms with Gasteiger partial charge in [0.2, 0.25) is 0 Å². The van der Waals surface area contributed by atoms with Gasteiger partial charge in [0.1, 0.15) is 11.6 Å². The fraction of sp³-hybridized carbons (Fsp3) is 0.250. The van der Waals surface area contributed by atoms with Crippen LogP contribution in [0.25, 0.3) is 11.1 Å². The molecule has 0 amide bonds. The van der Waals surface area contributed by atoms with Gasteiger partial charge in [-0.05, 0) is 40.9 Å². The average molecular weight is 420 g/mol. The number of hydrogen-bond acceptors (Lipinski definition) is 5. The van der Waals surface area contributed by atoms with Crippen LogP contribution in [0.5, 0.6) is 5.75 Å². The molecule has 5 nitrogen and oxygen atoms in total. The van der Waals surface area contributed by atoms with Crippen LogP contribution in [0, 0.1) is 5.82 Å². The summed E-state index contributed by atoms with van der Waals surface area (Å²) in [6.45, 7) is 3.70. The molecule has 1 atom stereocenters. The van der Waals surface area contributed by atoms with Crippen LogP contribution < -0.4 is 20.4 Å². The Bertz CT molecular complexity index is 1000. The van der Waals surface area contributed by atoms with Gasteiger partial charge in [-0.15, -0.1) is 0 Å². The van der Waals surface area contributed by atoms with Gasteiger partial charge in [-0.1, -0.05) is 48.5 Å². The van der Waals surface area contributed by atoms with E-state index >= 15 is 0 Å². The SMILES string of the molecule is Fc1cccc(-c2ccc3c(c2)N2CCNC[C@@H]2CCO3)c1.OB(O)c1ccccc1. The summed E-state index contributed by atoms with van der Waals surface area (Å²) in [6.07, 6.45) is 1.02. The molecule has 31 heavy (non-hydrogen) atoms. The van der Waals surface area contributed by atoms with E-state index in [0.29, 0.717) is 11.5 Å². The van der Waals surface area contributed by atoms with Crippen molar-refractivity contribution in [2.24, 2.45) is 0 Å². The number of halogens is 1. The maximum Gasteiger partial charge on any atom is 0.488 e. The molecule has 5 rings (SSSR count). The molecule has 0 aliphatic carbocycles. The molecule has 2 heterocycles. The van der Waals surface area contributed by atoms with Crippen molar-refractivity contribution < 1.29 is 19.2 Å². The Morgan fingerprint density at radius 2 is 1.77 bits per heavy atom. The molecule has 0 unspecified atom stereocenters. The van der Waals surface area contributed by atoms with Crippen LogP contribution in [-0.4, -0.2) is 49.4 Å². The highest BCUT2D eigenvalue weighted by molar-refractivity contribution is 6.58. The second-order valence-electron chi connectivity index (χ2n) is 7.67. The highest BCUT2D eigenvalue weighted by atomic mass is 19.1. The van der Waals surface area contributed by atoms with E-state index in [9.17, 15) is 4.39 Å². The van der Waals surface area contributed by atoms with Crippen molar-refractivity contribution in [2.45, 2.75) is 12.5 Å². The van der Waals surface area contributed by atoms with Crippen LogP contribution in [0.15, 0.2) is 72.8 Å². The van der Waals surface area contributed by atoms with Crippen LogP contribution in [0.2, 0.25) is 0 Å². The summed E-state index contributed by atoms with van der Waals surface area (Å²) in [7, 11) is -1.34. The Labute approximate surface area is 182 Å². The van der Waals surface area contributed by atoms with Crippen LogP contribution in [0.4, 0.5) is 10.1 Å². The molecule has 0 radical (unpaired) electrons. The molecule has 0 bridgehead atoms. The topological polar surface area (TPSA) is 65.0 Å². The third kappa shape index (κ3) is 5.25. The van der Waals surface area contributed by atoms with Crippen molar-refractivity contribution in [3.05, 3.63) is 78.6 Å². The molecule has 2 aliphatic rings. The van der Waals surface area contributed by atoms with Crippen molar-refractivity contribution in [3.8, 4) is 16.9 Å². The Hall–Kier alpha value is -2.87. The molecule has 2 aliphatic heterocycles. The third-order valence-electron chi connectivity index (χ3n) is 5.58. The smallest absolute Gasteiger partial charge is 0.488 e. The van der Waals surface area contributed by atoms with Crippen LogP contribution in [0.1, 0.15) is 6.42 Å². The van der Waals surface area contributed by atoms with Gasteiger partial charge in [-0.3, -0.25) is 0 Å². The largest absolute Gasteiger partial charge is 0.491 e. The molecule has 1 fully saturated rings. The van der Waals surface area contributed by atoms with Gasteiger partial charge >= 0.3 is 7.12 Å². The van der Waals surface area contributed by atoms with Gasteiger partial charge < -0.3 is 25.0 Å². The molecule has 3 N–H and O–H groups in total. The zero-order chi connectivity index (χ0) is 21.6. The van der Waals surface area contributed by atoms with Gasteiger partial charge in [0.25, 0.3) is 0 Å². The maximum atomic E-state index is 13.5. The number of anilines is 1. The lowest BCUT2D eigenvalue weighted by molar-refractivity contribution is 0.304. The molecule has 3 aromatic rings. The number of nitrogens with zero attached hydrogens (tertiary/aromatic N) is 1. The van der Waals surface area contributed by atoms with Gasteiger partial charge in [0, 0.05) is 32.1 Å². The summed E-state index contributed by atoms with van der Waals surface area (Å²) in [6, 6.07) is 22.0. The van der Waals surface area contributed by atoms with Gasteiger partial charge in [0.05, 0.1) is 12.3 Å². The van der Waals surface area contributed by atoms with Crippen molar-refractivity contribution in [2.75, 3.05) is 31.1 Å². The minimum absolute atomic E-state index is 0.205. The van der Waals surface area contributed by atoms with E-state index in [1.54, 1.807) is 36.4 Å². The molecule has 0 saturated carbocycles. The monoisotopic (exact) mass is 420 g/mol. The van der Waals surface area contributed by atoms with Crippen molar-refractivity contribution in [1.29, 1.82) is 0 Å². The van der Waals surface area contributed by atoms with Crippen LogP contribution >= 0.6 is 0 Å². The van der Waals surface area contributed by atoms with E-state index in [0.717, 1.165) is 55.2 Å². The van der Waals surface area contributed by atoms with E-state index in [1.807, 2.05) is 24.3 Å². The van der Waals surface area contributed by atoms with Crippen molar-refractivity contribution in [3.63, 3.8) is 0 Å². The summed E-state index contributed by atoms with van der Waals surface area (Å²) in [5.74, 6) is 0.730. The van der Waals surface area contributed by atoms with E-state index in [1.165, 1.54) is 6.07 Å². The number of piperazine rings is 1. The molecule has 7 heteroatoms. The molecule has 160 valence electrons. The Morgan fingerprint density at radius 1 is 0.968 bits per heavy atom. The maximum absolute atomic E-state index is 13.5. The summed E-state index contributed by atoms with van der Waals surface area (Å²) in [4.78, 5) is 2.43. The lowest BCUT2D eigenvalue weighted by atomic mass is 9.81. The summed E-state index contributed by atoms with van der Waals surface area (Å²) in [5.41, 5.74) is 3.59. The number of ether oxygens (including phenoxy) is 1. The number of rotatable bonds is 2. The predicted octanol–water partition coefficient (Wildman–Crippen LogP) is 2.42. The van der Waals surface area contributed by atoms with E-state index in [-0.39, 0.29) is 5.82 Å². The Balaban J connectivity index is 0.000000217. The van der Waals surface area contributed by atoms with Crippen LogP contribution in [0.3, 0.4) is 0 Å². The number of benzene rings is 3. The highest BCUT2D eigenvalue weighted by Crippen LogP contribution is 2.37. The second kappa shape index (κ2) is 9.96. The Morgan fingerprint density at radius 3 is 2.52 bits per heavy atom. The lowest BCUT2D eigenvalue weighted by Crippen LogP contribution is -2.51. The zero-order valence-corrected chi connectivity index (χ0v) is 17.2. The van der Waals surface area contributed by atoms with E-state index in [4.69, 9.17) is 14.8 Å². The quantitative estimate of drug-likeness (QED) is 0.556. The number of hydrogen-bond donors (Lipinski definition) is 3. The molecule has 0 aromatic heterocycles. The van der Waals surface area contributed by atoms with E-state index < -0.39 is 7.12 Å². The predicted molar refractivity (Wildman–Crippen MR) is 122 cm³/mol. The first-order chi connectivity index (χ1) is 15.1. The highest BCUT2D eigenvalue weighted by Gasteiger charge is 2.27. The van der Waals surface area contributed by atoms with Gasteiger partial charge in [0.15, 0.2) is 0 Å². The van der Waals surface area contributed by atoms with Gasteiger partial charge in [-0.2, -0.15) is 0 Å². The van der Waals surface area contributed by atoms with Gasteiger partial charge in [-0.25, -0.2) is 4.39 Å². The van der Waals surface area contributed by atoms with Crippen molar-refractivity contribution >= 4 is 18.3 Å². The first-order valence-electron chi connectivity index (χ1n) is 10.5. The average Bonchev–Trinajstić information content (AvgIpc) is 2.99. The molecular formula is C24H26BFN2O3. The molecule has 3 aromatic carbocycles. The normalized spacial score (nSPS) is 17.3. The minimum atomic E-state index is -1.34. The fourth-order valence-corrected chi connectivity index (χ4v) is 3.98. The second-order valence-corrected chi connectivity index (χ2v) is 7.67. The zero-order valence-electron chi connectivity index (χ0n) is 17.2. The third-order valence-corrected chi connectivity index (χ3v) is 5.58.